The highest BCUT2D eigenvalue weighted by Gasteiger charge is 2.22. The number of phenolic OH excluding ortho intramolecular Hbond substituents is 1. The van der Waals surface area contributed by atoms with Crippen LogP contribution in [0.15, 0.2) is 77.9 Å². The maximum absolute atomic E-state index is 13.0. The number of carbonyl (C=O) groups is 1. The minimum Gasteiger partial charge on any atom is -0.508 e. The molecule has 0 amide bonds. The van der Waals surface area contributed by atoms with E-state index in [2.05, 4.69) is 10.5 Å². The number of rotatable bonds is 1. The summed E-state index contributed by atoms with van der Waals surface area (Å²) in [5, 5.41) is 14.3. The predicted molar refractivity (Wildman–Crippen MR) is 93.7 cm³/mol. The molecule has 1 aliphatic rings. The number of hydrazone groups is 1. The Morgan fingerprint density at radius 3 is 2.29 bits per heavy atom. The van der Waals surface area contributed by atoms with Gasteiger partial charge < -0.3 is 5.11 Å². The van der Waals surface area contributed by atoms with Crippen LogP contribution < -0.4 is 5.43 Å². The van der Waals surface area contributed by atoms with Crippen LogP contribution in [0.2, 0.25) is 0 Å². The molecular formula is C20H14N2O2. The Morgan fingerprint density at radius 1 is 0.792 bits per heavy atom. The van der Waals surface area contributed by atoms with Crippen LogP contribution in [0.1, 0.15) is 27.0 Å². The van der Waals surface area contributed by atoms with E-state index in [1.165, 1.54) is 0 Å². The summed E-state index contributed by atoms with van der Waals surface area (Å²) in [4.78, 5) is 13.0. The molecule has 24 heavy (non-hydrogen) atoms. The van der Waals surface area contributed by atoms with Crippen molar-refractivity contribution in [3.8, 4) is 5.75 Å². The van der Waals surface area contributed by atoms with Crippen molar-refractivity contribution in [2.75, 3.05) is 5.43 Å². The molecule has 4 heteroatoms. The number of hydrogen-bond donors (Lipinski definition) is 2. The monoisotopic (exact) mass is 314 g/mol. The van der Waals surface area contributed by atoms with Crippen molar-refractivity contribution in [3.63, 3.8) is 0 Å². The molecule has 0 aliphatic carbocycles. The van der Waals surface area contributed by atoms with Gasteiger partial charge >= 0.3 is 0 Å². The molecule has 0 radical (unpaired) electrons. The molecule has 0 saturated carbocycles. The van der Waals surface area contributed by atoms with Gasteiger partial charge in [-0.2, -0.15) is 5.10 Å². The molecule has 0 spiro atoms. The Morgan fingerprint density at radius 2 is 1.50 bits per heavy atom. The van der Waals surface area contributed by atoms with E-state index in [1.54, 1.807) is 30.3 Å². The average Bonchev–Trinajstić information content (AvgIpc) is 2.61. The molecule has 4 nitrogen and oxygen atoms in total. The number of fused-ring (bicyclic) bond motifs is 2. The molecule has 0 fully saturated rings. The van der Waals surface area contributed by atoms with Gasteiger partial charge in [-0.25, -0.2) is 0 Å². The largest absolute Gasteiger partial charge is 0.508 e. The lowest BCUT2D eigenvalue weighted by Gasteiger charge is -2.17. The van der Waals surface area contributed by atoms with E-state index < -0.39 is 0 Å². The number of nitrogens with zero attached hydrogens (tertiary/aromatic N) is 1. The van der Waals surface area contributed by atoms with Gasteiger partial charge in [0.25, 0.3) is 0 Å². The summed E-state index contributed by atoms with van der Waals surface area (Å²) in [5.41, 5.74) is 6.91. The van der Waals surface area contributed by atoms with Crippen molar-refractivity contribution in [1.29, 1.82) is 0 Å². The molecular weight excluding hydrogens is 300 g/mol. The zero-order chi connectivity index (χ0) is 16.5. The third-order valence-corrected chi connectivity index (χ3v) is 4.01. The zero-order valence-corrected chi connectivity index (χ0v) is 12.7. The van der Waals surface area contributed by atoms with Gasteiger partial charge in [0.05, 0.1) is 11.4 Å². The summed E-state index contributed by atoms with van der Waals surface area (Å²) in [6.07, 6.45) is 0. The topological polar surface area (TPSA) is 61.7 Å². The van der Waals surface area contributed by atoms with Crippen molar-refractivity contribution < 1.29 is 9.90 Å². The number of ketones is 1. The maximum Gasteiger partial charge on any atom is 0.195 e. The van der Waals surface area contributed by atoms with Gasteiger partial charge in [-0.1, -0.05) is 48.5 Å². The van der Waals surface area contributed by atoms with E-state index >= 15 is 0 Å². The number of anilines is 1. The molecule has 0 aromatic heterocycles. The lowest BCUT2D eigenvalue weighted by atomic mass is 9.91. The standard InChI is InChI=1S/C20H14N2O2/c23-14-7-5-6-13(12-14)19-15-8-1-2-9-16(15)20(24)17-10-3-4-11-18(17)21-22-19/h1-12,21,23H/b22-19-. The minimum atomic E-state index is -0.0544. The third kappa shape index (κ3) is 2.34. The average molecular weight is 314 g/mol. The van der Waals surface area contributed by atoms with Crippen molar-refractivity contribution in [3.05, 3.63) is 95.1 Å². The van der Waals surface area contributed by atoms with Gasteiger partial charge in [0, 0.05) is 22.3 Å². The number of carbonyl (C=O) groups excluding carboxylic acids is 1. The highest BCUT2D eigenvalue weighted by atomic mass is 16.3. The summed E-state index contributed by atoms with van der Waals surface area (Å²) in [5.74, 6) is 0.0997. The fourth-order valence-electron chi connectivity index (χ4n) is 2.86. The predicted octanol–water partition coefficient (Wildman–Crippen LogP) is 3.80. The van der Waals surface area contributed by atoms with Gasteiger partial charge in [-0.15, -0.1) is 0 Å². The molecule has 0 bridgehead atoms. The Bertz CT molecular complexity index is 977. The van der Waals surface area contributed by atoms with Gasteiger partial charge in [-0.3, -0.25) is 10.2 Å². The Labute approximate surface area is 139 Å². The van der Waals surface area contributed by atoms with Crippen molar-refractivity contribution >= 4 is 17.2 Å². The van der Waals surface area contributed by atoms with Crippen LogP contribution in [0.25, 0.3) is 0 Å². The minimum absolute atomic E-state index is 0.0544. The molecule has 0 saturated heterocycles. The number of phenols is 1. The van der Waals surface area contributed by atoms with Crippen LogP contribution in [-0.2, 0) is 0 Å². The van der Waals surface area contributed by atoms with Crippen LogP contribution in [-0.4, -0.2) is 16.6 Å². The van der Waals surface area contributed by atoms with E-state index in [-0.39, 0.29) is 11.5 Å². The number of nitrogens with one attached hydrogen (secondary N) is 1. The zero-order valence-electron chi connectivity index (χ0n) is 12.7. The van der Waals surface area contributed by atoms with Crippen molar-refractivity contribution in [2.24, 2.45) is 5.10 Å². The molecule has 116 valence electrons. The summed E-state index contributed by atoms with van der Waals surface area (Å²) >= 11 is 0. The van der Waals surface area contributed by atoms with E-state index in [9.17, 15) is 9.90 Å². The van der Waals surface area contributed by atoms with E-state index in [0.717, 1.165) is 11.1 Å². The van der Waals surface area contributed by atoms with Crippen LogP contribution in [0.4, 0.5) is 5.69 Å². The number of aromatic hydroxyl groups is 1. The second-order valence-electron chi connectivity index (χ2n) is 5.54. The second-order valence-corrected chi connectivity index (χ2v) is 5.54. The van der Waals surface area contributed by atoms with Gasteiger partial charge in [-0.05, 0) is 24.3 Å². The van der Waals surface area contributed by atoms with Gasteiger partial charge in [0.2, 0.25) is 0 Å². The SMILES string of the molecule is O=C1c2ccccc2N/N=C(/c2cccc(O)c2)c2ccccc21. The summed E-state index contributed by atoms with van der Waals surface area (Å²) in [6.45, 7) is 0. The third-order valence-electron chi connectivity index (χ3n) is 4.01. The molecule has 0 atom stereocenters. The molecule has 0 unspecified atom stereocenters. The number of hydrogen-bond acceptors (Lipinski definition) is 4. The lowest BCUT2D eigenvalue weighted by Crippen LogP contribution is -2.17. The maximum atomic E-state index is 13.0. The number of benzene rings is 3. The van der Waals surface area contributed by atoms with Crippen LogP contribution in [0.3, 0.4) is 0 Å². The molecule has 1 heterocycles. The van der Waals surface area contributed by atoms with Gasteiger partial charge in [0.15, 0.2) is 5.78 Å². The summed E-state index contributed by atoms with van der Waals surface area (Å²) in [6, 6.07) is 21.5. The van der Waals surface area contributed by atoms with Crippen molar-refractivity contribution in [1.82, 2.24) is 0 Å². The normalized spacial score (nSPS) is 15.2. The first-order chi connectivity index (χ1) is 11.7. The Kier molecular flexibility index (Phi) is 3.35. The molecule has 2 N–H and O–H groups in total. The van der Waals surface area contributed by atoms with Crippen LogP contribution in [0, 0.1) is 0 Å². The smallest absolute Gasteiger partial charge is 0.195 e. The fourth-order valence-corrected chi connectivity index (χ4v) is 2.86. The summed E-state index contributed by atoms with van der Waals surface area (Å²) < 4.78 is 0. The Hall–Kier alpha value is -3.40. The van der Waals surface area contributed by atoms with Crippen LogP contribution in [0.5, 0.6) is 5.75 Å². The Balaban J connectivity index is 1.98. The fraction of sp³-hybridized carbons (Fsp3) is 0. The lowest BCUT2D eigenvalue weighted by molar-refractivity contribution is 0.103. The molecule has 3 aromatic carbocycles. The van der Waals surface area contributed by atoms with Crippen LogP contribution >= 0.6 is 0 Å². The first kappa shape index (κ1) is 14.2. The van der Waals surface area contributed by atoms with Gasteiger partial charge in [0.1, 0.15) is 5.75 Å². The molecule has 3 aromatic rings. The quantitative estimate of drug-likeness (QED) is 0.718. The molecule has 1 aliphatic heterocycles. The van der Waals surface area contributed by atoms with Crippen molar-refractivity contribution in [2.45, 2.75) is 0 Å². The molecule has 4 rings (SSSR count). The van der Waals surface area contributed by atoms with E-state index in [0.29, 0.717) is 22.5 Å². The number of para-hydroxylation sites is 1. The van der Waals surface area contributed by atoms with E-state index in [4.69, 9.17) is 0 Å². The first-order valence-electron chi connectivity index (χ1n) is 7.60. The summed E-state index contributed by atoms with van der Waals surface area (Å²) in [7, 11) is 0. The van der Waals surface area contributed by atoms with E-state index in [1.807, 2.05) is 42.5 Å². The first-order valence-corrected chi connectivity index (χ1v) is 7.60. The highest BCUT2D eigenvalue weighted by molar-refractivity contribution is 6.23. The second kappa shape index (κ2) is 5.66. The highest BCUT2D eigenvalue weighted by Crippen LogP contribution is 2.26.